The molecule has 1 aromatic carbocycles. The predicted molar refractivity (Wildman–Crippen MR) is 96.8 cm³/mol. The highest BCUT2D eigenvalue weighted by Gasteiger charge is 2.21. The predicted octanol–water partition coefficient (Wildman–Crippen LogP) is 2.18. The van der Waals surface area contributed by atoms with Gasteiger partial charge in [-0.15, -0.1) is 0 Å². The van der Waals surface area contributed by atoms with Gasteiger partial charge in [-0.3, -0.25) is 24.5 Å². The van der Waals surface area contributed by atoms with Gasteiger partial charge in [-0.25, -0.2) is 0 Å². The van der Waals surface area contributed by atoms with Gasteiger partial charge in [-0.2, -0.15) is 5.10 Å². The van der Waals surface area contributed by atoms with Crippen molar-refractivity contribution >= 4 is 23.2 Å². The van der Waals surface area contributed by atoms with Crippen LogP contribution in [0.25, 0.3) is 0 Å². The summed E-state index contributed by atoms with van der Waals surface area (Å²) in [6.45, 7) is 4.20. The number of carbonyl (C=O) groups is 1. The van der Waals surface area contributed by atoms with Crippen LogP contribution in [0.2, 0.25) is 5.02 Å². The van der Waals surface area contributed by atoms with E-state index in [4.69, 9.17) is 11.6 Å². The number of aryl methyl sites for hydroxylation is 1. The van der Waals surface area contributed by atoms with Crippen molar-refractivity contribution in [2.45, 2.75) is 19.5 Å². The maximum Gasteiger partial charge on any atom is 0.306 e. The Morgan fingerprint density at radius 2 is 1.88 bits per heavy atom. The monoisotopic (exact) mass is 377 g/mol. The molecular formula is C17H20ClN5O3. The van der Waals surface area contributed by atoms with Crippen LogP contribution in [0.5, 0.6) is 0 Å². The third kappa shape index (κ3) is 4.80. The zero-order chi connectivity index (χ0) is 18.5. The number of nitrogens with zero attached hydrogens (tertiary/aromatic N) is 5. The molecule has 138 valence electrons. The van der Waals surface area contributed by atoms with Gasteiger partial charge in [0.1, 0.15) is 12.4 Å². The maximum atomic E-state index is 12.3. The summed E-state index contributed by atoms with van der Waals surface area (Å²) in [5.74, 6) is 0.0503. The standard InChI is InChI=1S/C17H20ClN5O3/c18-15-3-1-14(2-4-15)12-20-7-9-21(10-8-20)17(24)5-6-22-13-16(11-19-22)23(25)26/h1-4,11,13H,5-10,12H2. The Balaban J connectivity index is 1.42. The molecule has 3 rings (SSSR count). The Hall–Kier alpha value is -2.45. The van der Waals surface area contributed by atoms with E-state index in [0.29, 0.717) is 19.6 Å². The van der Waals surface area contributed by atoms with E-state index in [-0.39, 0.29) is 18.0 Å². The fraction of sp³-hybridized carbons (Fsp3) is 0.412. The van der Waals surface area contributed by atoms with Crippen LogP contribution in [0.15, 0.2) is 36.7 Å². The highest BCUT2D eigenvalue weighted by Crippen LogP contribution is 2.14. The molecule has 0 aliphatic carbocycles. The molecule has 8 nitrogen and oxygen atoms in total. The molecule has 1 fully saturated rings. The third-order valence-electron chi connectivity index (χ3n) is 4.43. The molecule has 1 aromatic heterocycles. The lowest BCUT2D eigenvalue weighted by Gasteiger charge is -2.34. The summed E-state index contributed by atoms with van der Waals surface area (Å²) in [6.07, 6.45) is 2.83. The van der Waals surface area contributed by atoms with E-state index >= 15 is 0 Å². The van der Waals surface area contributed by atoms with Crippen LogP contribution in [0.4, 0.5) is 5.69 Å². The summed E-state index contributed by atoms with van der Waals surface area (Å²) in [6, 6.07) is 7.80. The van der Waals surface area contributed by atoms with E-state index in [9.17, 15) is 14.9 Å². The van der Waals surface area contributed by atoms with Crippen LogP contribution in [0, 0.1) is 10.1 Å². The van der Waals surface area contributed by atoms with E-state index < -0.39 is 4.92 Å². The molecule has 26 heavy (non-hydrogen) atoms. The molecule has 0 unspecified atom stereocenters. The van der Waals surface area contributed by atoms with Gasteiger partial charge in [0.15, 0.2) is 0 Å². The van der Waals surface area contributed by atoms with Crippen LogP contribution in [-0.2, 0) is 17.9 Å². The molecule has 0 spiro atoms. The largest absolute Gasteiger partial charge is 0.340 e. The lowest BCUT2D eigenvalue weighted by Crippen LogP contribution is -2.48. The lowest BCUT2D eigenvalue weighted by molar-refractivity contribution is -0.385. The van der Waals surface area contributed by atoms with Crippen molar-refractivity contribution in [3.63, 3.8) is 0 Å². The van der Waals surface area contributed by atoms with Gasteiger partial charge in [0.25, 0.3) is 0 Å². The number of benzene rings is 1. The summed E-state index contributed by atoms with van der Waals surface area (Å²) in [5.41, 5.74) is 1.14. The average molecular weight is 378 g/mol. The molecule has 9 heteroatoms. The second kappa shape index (κ2) is 8.29. The van der Waals surface area contributed by atoms with Crippen LogP contribution < -0.4 is 0 Å². The molecule has 1 saturated heterocycles. The Morgan fingerprint density at radius 1 is 1.19 bits per heavy atom. The minimum absolute atomic E-state index is 0.0503. The maximum absolute atomic E-state index is 12.3. The molecule has 1 amide bonds. The number of halogens is 1. The van der Waals surface area contributed by atoms with Gasteiger partial charge in [0.2, 0.25) is 5.91 Å². The van der Waals surface area contributed by atoms with Crippen molar-refractivity contribution in [2.75, 3.05) is 26.2 Å². The first kappa shape index (κ1) is 18.3. The number of piperazine rings is 1. The van der Waals surface area contributed by atoms with Crippen molar-refractivity contribution < 1.29 is 9.72 Å². The molecule has 0 saturated carbocycles. The second-order valence-electron chi connectivity index (χ2n) is 6.25. The normalized spacial score (nSPS) is 15.2. The number of amides is 1. The first-order valence-electron chi connectivity index (χ1n) is 8.43. The zero-order valence-electron chi connectivity index (χ0n) is 14.3. The minimum atomic E-state index is -0.495. The first-order valence-corrected chi connectivity index (χ1v) is 8.80. The topological polar surface area (TPSA) is 84.5 Å². The Kier molecular flexibility index (Phi) is 5.85. The quantitative estimate of drug-likeness (QED) is 0.569. The summed E-state index contributed by atoms with van der Waals surface area (Å²) >= 11 is 5.90. The van der Waals surface area contributed by atoms with Crippen molar-refractivity contribution in [1.29, 1.82) is 0 Å². The van der Waals surface area contributed by atoms with Gasteiger partial charge in [0.05, 0.1) is 4.92 Å². The molecule has 0 bridgehead atoms. The summed E-state index contributed by atoms with van der Waals surface area (Å²) in [7, 11) is 0. The van der Waals surface area contributed by atoms with Gasteiger partial charge < -0.3 is 4.90 Å². The Morgan fingerprint density at radius 3 is 2.50 bits per heavy atom. The van der Waals surface area contributed by atoms with Gasteiger partial charge in [0, 0.05) is 50.7 Å². The molecule has 0 atom stereocenters. The minimum Gasteiger partial charge on any atom is -0.340 e. The summed E-state index contributed by atoms with van der Waals surface area (Å²) in [5, 5.41) is 15.3. The third-order valence-corrected chi connectivity index (χ3v) is 4.68. The highest BCUT2D eigenvalue weighted by molar-refractivity contribution is 6.30. The zero-order valence-corrected chi connectivity index (χ0v) is 15.0. The fourth-order valence-corrected chi connectivity index (χ4v) is 3.07. The number of hydrogen-bond donors (Lipinski definition) is 0. The van der Waals surface area contributed by atoms with Crippen molar-refractivity contribution in [3.8, 4) is 0 Å². The number of hydrogen-bond acceptors (Lipinski definition) is 5. The van der Waals surface area contributed by atoms with Gasteiger partial charge in [-0.05, 0) is 17.7 Å². The molecule has 2 aromatic rings. The van der Waals surface area contributed by atoms with Crippen molar-refractivity contribution in [1.82, 2.24) is 19.6 Å². The molecule has 0 radical (unpaired) electrons. The molecule has 2 heterocycles. The average Bonchev–Trinajstić information content (AvgIpc) is 3.12. The van der Waals surface area contributed by atoms with E-state index in [1.54, 1.807) is 0 Å². The number of carbonyl (C=O) groups excluding carboxylic acids is 1. The smallest absolute Gasteiger partial charge is 0.306 e. The van der Waals surface area contributed by atoms with E-state index in [0.717, 1.165) is 24.7 Å². The molecule has 1 aliphatic rings. The van der Waals surface area contributed by atoms with Crippen molar-refractivity contribution in [3.05, 3.63) is 57.4 Å². The molecule has 1 aliphatic heterocycles. The van der Waals surface area contributed by atoms with E-state index in [1.165, 1.54) is 22.6 Å². The fourth-order valence-electron chi connectivity index (χ4n) is 2.94. The number of rotatable bonds is 6. The number of nitro groups is 1. The molecular weight excluding hydrogens is 358 g/mol. The summed E-state index contributed by atoms with van der Waals surface area (Å²) < 4.78 is 1.44. The highest BCUT2D eigenvalue weighted by atomic mass is 35.5. The lowest BCUT2D eigenvalue weighted by atomic mass is 10.2. The van der Waals surface area contributed by atoms with E-state index in [2.05, 4.69) is 10.00 Å². The van der Waals surface area contributed by atoms with Crippen LogP contribution in [0.3, 0.4) is 0 Å². The van der Waals surface area contributed by atoms with Crippen LogP contribution in [0.1, 0.15) is 12.0 Å². The van der Waals surface area contributed by atoms with E-state index in [1.807, 2.05) is 29.2 Å². The Labute approximate surface area is 156 Å². The van der Waals surface area contributed by atoms with Gasteiger partial charge >= 0.3 is 5.69 Å². The van der Waals surface area contributed by atoms with Gasteiger partial charge in [-0.1, -0.05) is 23.7 Å². The molecule has 0 N–H and O–H groups in total. The number of aromatic nitrogens is 2. The summed E-state index contributed by atoms with van der Waals surface area (Å²) in [4.78, 5) is 26.6. The first-order chi connectivity index (χ1) is 12.5. The second-order valence-corrected chi connectivity index (χ2v) is 6.69. The van der Waals surface area contributed by atoms with Crippen molar-refractivity contribution in [2.24, 2.45) is 0 Å². The van der Waals surface area contributed by atoms with Crippen LogP contribution in [-0.4, -0.2) is 56.6 Å². The Bertz CT molecular complexity index is 769. The SMILES string of the molecule is O=C(CCn1cc([N+](=O)[O-])cn1)N1CCN(Cc2ccc(Cl)cc2)CC1. The van der Waals surface area contributed by atoms with Crippen LogP contribution >= 0.6 is 11.6 Å².